The van der Waals surface area contributed by atoms with E-state index in [2.05, 4.69) is 24.1 Å². The van der Waals surface area contributed by atoms with Gasteiger partial charge in [0.25, 0.3) is 5.91 Å². The molecular weight excluding hydrogens is 400 g/mol. The molecule has 3 aromatic rings. The van der Waals surface area contributed by atoms with Crippen molar-refractivity contribution in [3.05, 3.63) is 34.4 Å². The highest BCUT2D eigenvalue weighted by Crippen LogP contribution is 2.41. The summed E-state index contributed by atoms with van der Waals surface area (Å²) in [4.78, 5) is 28.1. The van der Waals surface area contributed by atoms with Crippen molar-refractivity contribution in [1.29, 1.82) is 0 Å². The van der Waals surface area contributed by atoms with Crippen LogP contribution in [-0.2, 0) is 0 Å². The molecule has 1 aliphatic heterocycles. The predicted molar refractivity (Wildman–Crippen MR) is 117 cm³/mol. The molecular formula is C23H28N2O6. The molecule has 1 saturated heterocycles. The van der Waals surface area contributed by atoms with Crippen molar-refractivity contribution in [1.82, 2.24) is 10.2 Å². The lowest BCUT2D eigenvalue weighted by Gasteiger charge is -2.18. The number of nitrogens with zero attached hydrogens (tertiary/aromatic N) is 1. The van der Waals surface area contributed by atoms with Gasteiger partial charge in [-0.2, -0.15) is 0 Å². The van der Waals surface area contributed by atoms with Gasteiger partial charge in [-0.15, -0.1) is 0 Å². The molecule has 0 bridgehead atoms. The van der Waals surface area contributed by atoms with Gasteiger partial charge in [0, 0.05) is 25.7 Å². The zero-order valence-electron chi connectivity index (χ0n) is 18.3. The Morgan fingerprint density at radius 1 is 1.26 bits per heavy atom. The first-order chi connectivity index (χ1) is 14.9. The van der Waals surface area contributed by atoms with Gasteiger partial charge in [-0.25, -0.2) is 0 Å². The monoisotopic (exact) mass is 428 g/mol. The summed E-state index contributed by atoms with van der Waals surface area (Å²) in [5.74, 6) is 1.09. The summed E-state index contributed by atoms with van der Waals surface area (Å²) in [5, 5.41) is 3.72. The van der Waals surface area contributed by atoms with Crippen molar-refractivity contribution >= 4 is 27.8 Å². The molecule has 0 unspecified atom stereocenters. The number of furan rings is 1. The minimum Gasteiger partial charge on any atom is -0.495 e. The SMILES string of the molecule is COc1c2occc2c(OC)c2c(=O)cc(C(=O)NC[C@H]3CCN(CC(C)C)C3)oc12. The lowest BCUT2D eigenvalue weighted by molar-refractivity contribution is 0.0919. The Labute approximate surface area is 180 Å². The molecule has 1 aromatic carbocycles. The van der Waals surface area contributed by atoms with Crippen molar-refractivity contribution in [2.24, 2.45) is 11.8 Å². The Morgan fingerprint density at radius 3 is 2.74 bits per heavy atom. The quantitative estimate of drug-likeness (QED) is 0.617. The van der Waals surface area contributed by atoms with Gasteiger partial charge in [0.2, 0.25) is 5.75 Å². The molecule has 0 spiro atoms. The number of nitrogens with one attached hydrogen (secondary N) is 1. The van der Waals surface area contributed by atoms with Gasteiger partial charge in [0.05, 0.1) is 25.9 Å². The molecule has 1 atom stereocenters. The third-order valence-corrected chi connectivity index (χ3v) is 5.67. The van der Waals surface area contributed by atoms with E-state index in [1.165, 1.54) is 26.5 Å². The Morgan fingerprint density at radius 2 is 2.03 bits per heavy atom. The van der Waals surface area contributed by atoms with Crippen LogP contribution in [0.5, 0.6) is 11.5 Å². The number of benzene rings is 1. The van der Waals surface area contributed by atoms with Crippen LogP contribution >= 0.6 is 0 Å². The molecule has 0 saturated carbocycles. The number of hydrogen-bond donors (Lipinski definition) is 1. The van der Waals surface area contributed by atoms with Crippen LogP contribution in [0.2, 0.25) is 0 Å². The summed E-state index contributed by atoms with van der Waals surface area (Å²) in [6, 6.07) is 2.89. The van der Waals surface area contributed by atoms with Crippen molar-refractivity contribution in [2.75, 3.05) is 40.4 Å². The first kappa shape index (κ1) is 21.2. The van der Waals surface area contributed by atoms with Crippen LogP contribution in [0, 0.1) is 11.8 Å². The second-order valence-electron chi connectivity index (χ2n) is 8.43. The number of methoxy groups -OCH3 is 2. The number of carbonyl (C=O) groups is 1. The lowest BCUT2D eigenvalue weighted by Crippen LogP contribution is -2.32. The summed E-state index contributed by atoms with van der Waals surface area (Å²) < 4.78 is 22.3. The molecule has 0 radical (unpaired) electrons. The molecule has 8 nitrogen and oxygen atoms in total. The summed E-state index contributed by atoms with van der Waals surface area (Å²) >= 11 is 0. The minimum absolute atomic E-state index is 0.0687. The largest absolute Gasteiger partial charge is 0.495 e. The van der Waals surface area contributed by atoms with Crippen molar-refractivity contribution in [3.8, 4) is 11.5 Å². The van der Waals surface area contributed by atoms with E-state index in [-0.39, 0.29) is 27.9 Å². The van der Waals surface area contributed by atoms with Gasteiger partial charge >= 0.3 is 0 Å². The smallest absolute Gasteiger partial charge is 0.287 e. The minimum atomic E-state index is -0.429. The molecule has 1 N–H and O–H groups in total. The van der Waals surface area contributed by atoms with Crippen LogP contribution in [0.15, 0.2) is 32.0 Å². The first-order valence-electron chi connectivity index (χ1n) is 10.5. The fourth-order valence-corrected chi connectivity index (χ4v) is 4.37. The molecule has 166 valence electrons. The van der Waals surface area contributed by atoms with Crippen LogP contribution in [0.25, 0.3) is 21.9 Å². The predicted octanol–water partition coefficient (Wildman–Crippen LogP) is 3.26. The van der Waals surface area contributed by atoms with E-state index in [0.29, 0.717) is 35.1 Å². The Hall–Kier alpha value is -3.00. The maximum Gasteiger partial charge on any atom is 0.287 e. The van der Waals surface area contributed by atoms with E-state index >= 15 is 0 Å². The molecule has 0 aliphatic carbocycles. The van der Waals surface area contributed by atoms with Crippen molar-refractivity contribution in [3.63, 3.8) is 0 Å². The maximum absolute atomic E-state index is 12.9. The van der Waals surface area contributed by atoms with E-state index in [1.807, 2.05) is 0 Å². The Balaban J connectivity index is 1.61. The highest BCUT2D eigenvalue weighted by Gasteiger charge is 2.26. The fourth-order valence-electron chi connectivity index (χ4n) is 4.37. The molecule has 1 amide bonds. The number of likely N-dealkylation sites (tertiary alicyclic amines) is 1. The van der Waals surface area contributed by atoms with Crippen molar-refractivity contribution < 1.29 is 23.1 Å². The van der Waals surface area contributed by atoms with E-state index in [4.69, 9.17) is 18.3 Å². The van der Waals surface area contributed by atoms with Crippen LogP contribution in [0.3, 0.4) is 0 Å². The van der Waals surface area contributed by atoms with Crippen LogP contribution in [0.1, 0.15) is 30.8 Å². The van der Waals surface area contributed by atoms with Crippen LogP contribution in [-0.4, -0.2) is 51.2 Å². The fraction of sp³-hybridized carbons (Fsp3) is 0.478. The van der Waals surface area contributed by atoms with E-state index in [9.17, 15) is 9.59 Å². The number of hydrogen-bond acceptors (Lipinski definition) is 7. The summed E-state index contributed by atoms with van der Waals surface area (Å²) in [7, 11) is 2.93. The van der Waals surface area contributed by atoms with Gasteiger partial charge in [-0.3, -0.25) is 9.59 Å². The zero-order chi connectivity index (χ0) is 22.1. The van der Waals surface area contributed by atoms with Crippen LogP contribution in [0.4, 0.5) is 0 Å². The number of fused-ring (bicyclic) bond motifs is 2. The Bertz CT molecular complexity index is 1160. The third-order valence-electron chi connectivity index (χ3n) is 5.67. The number of ether oxygens (including phenoxy) is 2. The zero-order valence-corrected chi connectivity index (χ0v) is 18.3. The van der Waals surface area contributed by atoms with Crippen molar-refractivity contribution in [2.45, 2.75) is 20.3 Å². The number of amides is 1. The highest BCUT2D eigenvalue weighted by atomic mass is 16.5. The second-order valence-corrected chi connectivity index (χ2v) is 8.43. The molecule has 3 heterocycles. The van der Waals surface area contributed by atoms with Crippen LogP contribution < -0.4 is 20.2 Å². The van der Waals surface area contributed by atoms with E-state index in [0.717, 1.165) is 26.1 Å². The standard InChI is InChI=1S/C23H28N2O6/c1-13(2)11-25-7-5-14(12-25)10-24-23(27)17-9-16(26)18-19(28-3)15-6-8-30-20(15)22(29-4)21(18)31-17/h6,8-9,13-14H,5,7,10-12H2,1-4H3,(H,24,27)/t14-/m1/s1. The lowest BCUT2D eigenvalue weighted by atomic mass is 10.1. The van der Waals surface area contributed by atoms with Gasteiger partial charge in [-0.05, 0) is 30.9 Å². The van der Waals surface area contributed by atoms with Gasteiger partial charge < -0.3 is 28.5 Å². The maximum atomic E-state index is 12.9. The molecule has 2 aromatic heterocycles. The molecule has 1 aliphatic rings. The van der Waals surface area contributed by atoms with Gasteiger partial charge in [0.1, 0.15) is 11.1 Å². The molecule has 31 heavy (non-hydrogen) atoms. The van der Waals surface area contributed by atoms with Gasteiger partial charge in [0.15, 0.2) is 22.4 Å². The molecule has 1 fully saturated rings. The number of rotatable bonds is 7. The summed E-state index contributed by atoms with van der Waals surface area (Å²) in [5.41, 5.74) is 0.140. The third kappa shape index (κ3) is 3.99. The van der Waals surface area contributed by atoms with E-state index < -0.39 is 5.91 Å². The number of carbonyl (C=O) groups excluding carboxylic acids is 1. The average molecular weight is 428 g/mol. The average Bonchev–Trinajstić information content (AvgIpc) is 3.39. The summed E-state index contributed by atoms with van der Waals surface area (Å²) in [6.45, 7) is 8.01. The van der Waals surface area contributed by atoms with E-state index in [1.54, 1.807) is 6.07 Å². The summed E-state index contributed by atoms with van der Waals surface area (Å²) in [6.07, 6.45) is 2.52. The second kappa shape index (κ2) is 8.63. The Kier molecular flexibility index (Phi) is 5.91. The van der Waals surface area contributed by atoms with Gasteiger partial charge in [-0.1, -0.05) is 13.8 Å². The normalized spacial score (nSPS) is 17.0. The molecule has 8 heteroatoms. The molecule has 4 rings (SSSR count). The first-order valence-corrected chi connectivity index (χ1v) is 10.5. The highest BCUT2D eigenvalue weighted by molar-refractivity contribution is 6.07. The topological polar surface area (TPSA) is 94.2 Å².